The monoisotopic (exact) mass is 318 g/mol. The summed E-state index contributed by atoms with van der Waals surface area (Å²) >= 11 is 1.53. The molecule has 1 amide bonds. The van der Waals surface area contributed by atoms with Crippen molar-refractivity contribution >= 4 is 17.2 Å². The number of carbonyl (C=O) groups is 1. The Balaban J connectivity index is 1.84. The van der Waals surface area contributed by atoms with Crippen LogP contribution in [0.3, 0.4) is 0 Å². The third kappa shape index (κ3) is 4.61. The van der Waals surface area contributed by atoms with E-state index >= 15 is 0 Å². The van der Waals surface area contributed by atoms with Gasteiger partial charge in [0.15, 0.2) is 0 Å². The van der Waals surface area contributed by atoms with Gasteiger partial charge in [-0.3, -0.25) is 4.79 Å². The molecule has 22 heavy (non-hydrogen) atoms. The lowest BCUT2D eigenvalue weighted by Gasteiger charge is -2.12. The van der Waals surface area contributed by atoms with Gasteiger partial charge in [0.1, 0.15) is 10.0 Å². The van der Waals surface area contributed by atoms with Crippen LogP contribution >= 0.6 is 11.3 Å². The third-order valence-corrected chi connectivity index (χ3v) is 4.53. The van der Waals surface area contributed by atoms with Crippen LogP contribution in [0.1, 0.15) is 48.8 Å². The molecule has 2 aromatic rings. The van der Waals surface area contributed by atoms with E-state index in [4.69, 9.17) is 5.73 Å². The standard InChI is InChI=1S/C16H22N4OS/c1-16(2,3)15-20-19-14(22-15)10-18-13(21)9-12(17)11-7-5-4-6-8-11/h4-8,12H,9-10,17H2,1-3H3,(H,18,21). The van der Waals surface area contributed by atoms with Crippen LogP contribution in [0, 0.1) is 0 Å². The molecule has 0 fully saturated rings. The molecule has 0 aliphatic rings. The van der Waals surface area contributed by atoms with Crippen molar-refractivity contribution in [3.05, 3.63) is 45.9 Å². The van der Waals surface area contributed by atoms with Crippen molar-refractivity contribution in [2.75, 3.05) is 0 Å². The van der Waals surface area contributed by atoms with Gasteiger partial charge in [-0.25, -0.2) is 0 Å². The van der Waals surface area contributed by atoms with Gasteiger partial charge in [-0.05, 0) is 5.56 Å². The highest BCUT2D eigenvalue weighted by Gasteiger charge is 2.19. The van der Waals surface area contributed by atoms with E-state index in [0.717, 1.165) is 15.6 Å². The Labute approximate surface area is 135 Å². The Hall–Kier alpha value is -1.79. The van der Waals surface area contributed by atoms with Crippen LogP contribution in [0.4, 0.5) is 0 Å². The van der Waals surface area contributed by atoms with Gasteiger partial charge in [-0.1, -0.05) is 62.4 Å². The number of rotatable bonds is 5. The Morgan fingerprint density at radius 3 is 2.55 bits per heavy atom. The van der Waals surface area contributed by atoms with Gasteiger partial charge in [0, 0.05) is 17.9 Å². The van der Waals surface area contributed by atoms with Gasteiger partial charge in [0.2, 0.25) is 5.91 Å². The topological polar surface area (TPSA) is 80.9 Å². The van der Waals surface area contributed by atoms with Gasteiger partial charge < -0.3 is 11.1 Å². The van der Waals surface area contributed by atoms with Crippen molar-refractivity contribution < 1.29 is 4.79 Å². The summed E-state index contributed by atoms with van der Waals surface area (Å²) < 4.78 is 0. The van der Waals surface area contributed by atoms with E-state index in [1.165, 1.54) is 11.3 Å². The Morgan fingerprint density at radius 1 is 1.27 bits per heavy atom. The first-order chi connectivity index (χ1) is 10.4. The lowest BCUT2D eigenvalue weighted by Crippen LogP contribution is -2.27. The summed E-state index contributed by atoms with van der Waals surface area (Å²) in [6.45, 7) is 6.67. The quantitative estimate of drug-likeness (QED) is 0.887. The first kappa shape index (κ1) is 16.6. The highest BCUT2D eigenvalue weighted by molar-refractivity contribution is 7.11. The molecular weight excluding hydrogens is 296 g/mol. The van der Waals surface area contributed by atoms with Gasteiger partial charge in [-0.2, -0.15) is 0 Å². The summed E-state index contributed by atoms with van der Waals surface area (Å²) in [5.74, 6) is -0.0798. The summed E-state index contributed by atoms with van der Waals surface area (Å²) in [7, 11) is 0. The number of nitrogens with one attached hydrogen (secondary N) is 1. The van der Waals surface area contributed by atoms with Crippen LogP contribution in [0.15, 0.2) is 30.3 Å². The average Bonchev–Trinajstić information content (AvgIpc) is 2.95. The molecule has 0 bridgehead atoms. The molecule has 1 heterocycles. The van der Waals surface area contributed by atoms with E-state index in [1.54, 1.807) is 0 Å². The van der Waals surface area contributed by atoms with Crippen molar-refractivity contribution in [1.29, 1.82) is 0 Å². The van der Waals surface area contributed by atoms with Crippen LogP contribution in [0.2, 0.25) is 0 Å². The smallest absolute Gasteiger partial charge is 0.222 e. The molecule has 118 valence electrons. The molecule has 6 heteroatoms. The Kier molecular flexibility index (Phi) is 5.26. The van der Waals surface area contributed by atoms with Crippen LogP contribution in [0.25, 0.3) is 0 Å². The molecule has 0 spiro atoms. The fourth-order valence-corrected chi connectivity index (χ4v) is 2.73. The van der Waals surface area contributed by atoms with E-state index in [2.05, 4.69) is 36.3 Å². The van der Waals surface area contributed by atoms with E-state index in [9.17, 15) is 4.79 Å². The number of hydrogen-bond acceptors (Lipinski definition) is 5. The second-order valence-electron chi connectivity index (χ2n) is 6.25. The molecule has 1 aromatic heterocycles. The highest BCUT2D eigenvalue weighted by Crippen LogP contribution is 2.25. The fourth-order valence-electron chi connectivity index (χ4n) is 1.89. The third-order valence-electron chi connectivity index (χ3n) is 3.18. The lowest BCUT2D eigenvalue weighted by atomic mass is 9.98. The second kappa shape index (κ2) is 6.98. The maximum atomic E-state index is 12.0. The van der Waals surface area contributed by atoms with Crippen molar-refractivity contribution in [2.24, 2.45) is 5.73 Å². The molecule has 1 atom stereocenters. The Morgan fingerprint density at radius 2 is 1.95 bits per heavy atom. The van der Waals surface area contributed by atoms with Gasteiger partial charge in [0.25, 0.3) is 0 Å². The predicted octanol–water partition coefficient (Wildman–Crippen LogP) is 2.54. The van der Waals surface area contributed by atoms with Crippen molar-refractivity contribution in [3.8, 4) is 0 Å². The lowest BCUT2D eigenvalue weighted by molar-refractivity contribution is -0.121. The number of benzene rings is 1. The summed E-state index contributed by atoms with van der Waals surface area (Å²) in [4.78, 5) is 12.0. The number of hydrogen-bond donors (Lipinski definition) is 2. The van der Waals surface area contributed by atoms with E-state index < -0.39 is 0 Å². The minimum Gasteiger partial charge on any atom is -0.349 e. The second-order valence-corrected chi connectivity index (χ2v) is 7.31. The van der Waals surface area contributed by atoms with Crippen LogP contribution in [0.5, 0.6) is 0 Å². The summed E-state index contributed by atoms with van der Waals surface area (Å²) in [6, 6.07) is 9.33. The van der Waals surface area contributed by atoms with E-state index in [-0.39, 0.29) is 23.8 Å². The first-order valence-corrected chi connectivity index (χ1v) is 8.08. The van der Waals surface area contributed by atoms with Crippen LogP contribution in [-0.4, -0.2) is 16.1 Å². The van der Waals surface area contributed by atoms with E-state index in [0.29, 0.717) is 6.54 Å². The molecule has 1 unspecified atom stereocenters. The highest BCUT2D eigenvalue weighted by atomic mass is 32.1. The molecule has 0 saturated carbocycles. The maximum Gasteiger partial charge on any atom is 0.222 e. The molecular formula is C16H22N4OS. The zero-order chi connectivity index (χ0) is 16.2. The zero-order valence-electron chi connectivity index (χ0n) is 13.2. The average molecular weight is 318 g/mol. The summed E-state index contributed by atoms with van der Waals surface area (Å²) in [5.41, 5.74) is 6.98. The molecule has 1 aromatic carbocycles. The fraction of sp³-hybridized carbons (Fsp3) is 0.438. The van der Waals surface area contributed by atoms with E-state index in [1.807, 2.05) is 30.3 Å². The van der Waals surface area contributed by atoms with Gasteiger partial charge in [-0.15, -0.1) is 10.2 Å². The first-order valence-electron chi connectivity index (χ1n) is 7.26. The Bertz CT molecular complexity index is 619. The minimum atomic E-state index is -0.291. The number of nitrogens with two attached hydrogens (primary N) is 1. The molecule has 0 radical (unpaired) electrons. The number of aromatic nitrogens is 2. The molecule has 3 N–H and O–H groups in total. The SMILES string of the molecule is CC(C)(C)c1nnc(CNC(=O)CC(N)c2ccccc2)s1. The molecule has 5 nitrogen and oxygen atoms in total. The normalized spacial score (nSPS) is 12.9. The molecule has 0 saturated heterocycles. The number of nitrogens with zero attached hydrogens (tertiary/aromatic N) is 2. The van der Waals surface area contributed by atoms with Crippen molar-refractivity contribution in [2.45, 2.75) is 45.2 Å². The zero-order valence-corrected chi connectivity index (χ0v) is 14.0. The van der Waals surface area contributed by atoms with Crippen LogP contribution < -0.4 is 11.1 Å². The minimum absolute atomic E-state index is 0.0183. The van der Waals surface area contributed by atoms with Crippen molar-refractivity contribution in [3.63, 3.8) is 0 Å². The maximum absolute atomic E-state index is 12.0. The molecule has 2 rings (SSSR count). The number of amides is 1. The molecule has 0 aliphatic heterocycles. The van der Waals surface area contributed by atoms with Crippen LogP contribution in [-0.2, 0) is 16.8 Å². The molecule has 0 aliphatic carbocycles. The van der Waals surface area contributed by atoms with Crippen molar-refractivity contribution in [1.82, 2.24) is 15.5 Å². The largest absolute Gasteiger partial charge is 0.349 e. The summed E-state index contributed by atoms with van der Waals surface area (Å²) in [6.07, 6.45) is 0.259. The predicted molar refractivity (Wildman–Crippen MR) is 88.4 cm³/mol. The summed E-state index contributed by atoms with van der Waals surface area (Å²) in [5, 5.41) is 12.9. The van der Waals surface area contributed by atoms with Gasteiger partial charge >= 0.3 is 0 Å². The number of carbonyl (C=O) groups excluding carboxylic acids is 1. The van der Waals surface area contributed by atoms with Gasteiger partial charge in [0.05, 0.1) is 6.54 Å².